The fourth-order valence-corrected chi connectivity index (χ4v) is 3.34. The van der Waals surface area contributed by atoms with Crippen LogP contribution in [0, 0.1) is 6.92 Å². The van der Waals surface area contributed by atoms with Crippen LogP contribution in [0.3, 0.4) is 0 Å². The van der Waals surface area contributed by atoms with Gasteiger partial charge in [0, 0.05) is 15.7 Å². The largest absolute Gasteiger partial charge is 0.487 e. The molecule has 0 atom stereocenters. The Morgan fingerprint density at radius 3 is 2.57 bits per heavy atom. The molecule has 0 saturated carbocycles. The molecular formula is C22H19BrClN3O3. The summed E-state index contributed by atoms with van der Waals surface area (Å²) in [4.78, 5) is 17.2. The van der Waals surface area contributed by atoms with Crippen molar-refractivity contribution in [1.29, 1.82) is 0 Å². The average Bonchev–Trinajstić information content (AvgIpc) is 2.73. The number of hydrogen-bond donors (Lipinski definition) is 2. The van der Waals surface area contributed by atoms with E-state index in [-0.39, 0.29) is 5.84 Å². The highest BCUT2D eigenvalue weighted by molar-refractivity contribution is 9.10. The summed E-state index contributed by atoms with van der Waals surface area (Å²) in [6.45, 7) is 2.12. The lowest BCUT2D eigenvalue weighted by molar-refractivity contribution is 0.0516. The summed E-state index contributed by atoms with van der Waals surface area (Å²) in [7, 11) is 0. The Kier molecular flexibility index (Phi) is 6.97. The van der Waals surface area contributed by atoms with E-state index in [9.17, 15) is 4.79 Å². The van der Waals surface area contributed by atoms with Gasteiger partial charge in [-0.3, -0.25) is 0 Å². The minimum absolute atomic E-state index is 0.0737. The molecule has 0 aromatic heterocycles. The van der Waals surface area contributed by atoms with Crippen LogP contribution in [-0.2, 0) is 11.4 Å². The minimum atomic E-state index is -0.622. The summed E-state index contributed by atoms with van der Waals surface area (Å²) >= 11 is 9.49. The highest BCUT2D eigenvalue weighted by Crippen LogP contribution is 2.28. The van der Waals surface area contributed by atoms with Crippen LogP contribution in [0.25, 0.3) is 0 Å². The van der Waals surface area contributed by atoms with Gasteiger partial charge >= 0.3 is 5.97 Å². The SMILES string of the molecule is Cc1c(N)cccc1/C(N)=N/OC(=O)c1ccc(COc2ccc(Br)cc2Cl)cc1. The van der Waals surface area contributed by atoms with E-state index in [2.05, 4.69) is 21.1 Å². The van der Waals surface area contributed by atoms with Gasteiger partial charge in [-0.1, -0.05) is 57.0 Å². The van der Waals surface area contributed by atoms with E-state index >= 15 is 0 Å². The number of rotatable bonds is 6. The van der Waals surface area contributed by atoms with Gasteiger partial charge in [-0.15, -0.1) is 0 Å². The van der Waals surface area contributed by atoms with Crippen LogP contribution in [0.2, 0.25) is 5.02 Å². The highest BCUT2D eigenvalue weighted by Gasteiger charge is 2.10. The Labute approximate surface area is 187 Å². The van der Waals surface area contributed by atoms with Crippen molar-refractivity contribution in [2.45, 2.75) is 13.5 Å². The fraction of sp³-hybridized carbons (Fsp3) is 0.0909. The molecule has 8 heteroatoms. The van der Waals surface area contributed by atoms with Crippen molar-refractivity contribution < 1.29 is 14.4 Å². The molecule has 0 spiro atoms. The highest BCUT2D eigenvalue weighted by atomic mass is 79.9. The molecule has 6 nitrogen and oxygen atoms in total. The number of nitrogen functional groups attached to an aromatic ring is 1. The van der Waals surface area contributed by atoms with E-state index in [0.717, 1.165) is 15.6 Å². The van der Waals surface area contributed by atoms with Gasteiger partial charge in [0.15, 0.2) is 5.84 Å². The van der Waals surface area contributed by atoms with Crippen LogP contribution >= 0.6 is 27.5 Å². The number of benzene rings is 3. The first-order valence-electron chi connectivity index (χ1n) is 8.92. The minimum Gasteiger partial charge on any atom is -0.487 e. The van der Waals surface area contributed by atoms with Crippen LogP contribution in [-0.4, -0.2) is 11.8 Å². The number of carbonyl (C=O) groups is 1. The van der Waals surface area contributed by atoms with E-state index in [1.54, 1.807) is 54.6 Å². The average molecular weight is 489 g/mol. The summed E-state index contributed by atoms with van der Waals surface area (Å²) in [5.41, 5.74) is 14.9. The molecule has 4 N–H and O–H groups in total. The van der Waals surface area contributed by atoms with Gasteiger partial charge in [0.25, 0.3) is 0 Å². The Bertz CT molecular complexity index is 1100. The Balaban J connectivity index is 1.61. The second-order valence-electron chi connectivity index (χ2n) is 6.44. The topological polar surface area (TPSA) is 99.9 Å². The number of halogens is 2. The third-order valence-corrected chi connectivity index (χ3v) is 5.15. The van der Waals surface area contributed by atoms with E-state index in [0.29, 0.717) is 34.2 Å². The number of amidine groups is 1. The number of anilines is 1. The Hall–Kier alpha value is -3.03. The van der Waals surface area contributed by atoms with Gasteiger partial charge in [-0.2, -0.15) is 0 Å². The van der Waals surface area contributed by atoms with Crippen molar-refractivity contribution in [3.05, 3.63) is 92.4 Å². The molecule has 30 heavy (non-hydrogen) atoms. The zero-order valence-corrected chi connectivity index (χ0v) is 18.4. The molecule has 0 bridgehead atoms. The first kappa shape index (κ1) is 21.7. The van der Waals surface area contributed by atoms with Crippen molar-refractivity contribution in [1.82, 2.24) is 0 Å². The van der Waals surface area contributed by atoms with Crippen LogP contribution in [0.5, 0.6) is 5.75 Å². The quantitative estimate of drug-likeness (QED) is 0.166. The van der Waals surface area contributed by atoms with Gasteiger partial charge in [-0.25, -0.2) is 4.79 Å². The smallest absolute Gasteiger partial charge is 0.365 e. The molecule has 0 saturated heterocycles. The van der Waals surface area contributed by atoms with Crippen LogP contribution in [0.1, 0.15) is 27.0 Å². The molecule has 0 aliphatic rings. The summed E-state index contributed by atoms with van der Waals surface area (Å²) in [6, 6.07) is 17.4. The van der Waals surface area contributed by atoms with Crippen molar-refractivity contribution in [3.8, 4) is 5.75 Å². The maximum Gasteiger partial charge on any atom is 0.365 e. The summed E-state index contributed by atoms with van der Waals surface area (Å²) in [5, 5.41) is 4.24. The molecule has 3 aromatic carbocycles. The fourth-order valence-electron chi connectivity index (χ4n) is 2.61. The molecule has 3 aromatic rings. The number of nitrogens with two attached hydrogens (primary N) is 2. The third kappa shape index (κ3) is 5.31. The first-order chi connectivity index (χ1) is 14.3. The molecule has 0 unspecified atom stereocenters. The number of nitrogens with zero attached hydrogens (tertiary/aromatic N) is 1. The number of hydrogen-bond acceptors (Lipinski definition) is 5. The van der Waals surface area contributed by atoms with Gasteiger partial charge in [0.2, 0.25) is 0 Å². The third-order valence-electron chi connectivity index (χ3n) is 4.36. The lowest BCUT2D eigenvalue weighted by atomic mass is 10.1. The normalized spacial score (nSPS) is 11.2. The van der Waals surface area contributed by atoms with E-state index < -0.39 is 5.97 Å². The predicted molar refractivity (Wildman–Crippen MR) is 122 cm³/mol. The maximum absolute atomic E-state index is 12.2. The summed E-state index contributed by atoms with van der Waals surface area (Å²) < 4.78 is 6.58. The predicted octanol–water partition coefficient (Wildman–Crippen LogP) is 5.05. The lowest BCUT2D eigenvalue weighted by Crippen LogP contribution is -2.17. The zero-order chi connectivity index (χ0) is 21.7. The van der Waals surface area contributed by atoms with Crippen LogP contribution in [0.15, 0.2) is 70.3 Å². The van der Waals surface area contributed by atoms with Gasteiger partial charge in [-0.05, 0) is 54.4 Å². The zero-order valence-electron chi connectivity index (χ0n) is 16.1. The van der Waals surface area contributed by atoms with E-state index in [4.69, 9.17) is 32.6 Å². The van der Waals surface area contributed by atoms with E-state index in [1.807, 2.05) is 13.0 Å². The molecule has 0 aliphatic carbocycles. The lowest BCUT2D eigenvalue weighted by Gasteiger charge is -2.09. The summed E-state index contributed by atoms with van der Waals surface area (Å²) in [6.07, 6.45) is 0. The molecule has 0 radical (unpaired) electrons. The molecule has 154 valence electrons. The molecular weight excluding hydrogens is 470 g/mol. The van der Waals surface area contributed by atoms with Crippen molar-refractivity contribution in [3.63, 3.8) is 0 Å². The van der Waals surface area contributed by atoms with Crippen molar-refractivity contribution in [2.24, 2.45) is 10.9 Å². The maximum atomic E-state index is 12.2. The van der Waals surface area contributed by atoms with Gasteiger partial charge in [0.05, 0.1) is 10.6 Å². The molecule has 0 heterocycles. The molecule has 0 aliphatic heterocycles. The van der Waals surface area contributed by atoms with Gasteiger partial charge in [0.1, 0.15) is 12.4 Å². The Morgan fingerprint density at radius 2 is 1.87 bits per heavy atom. The standard InChI is InChI=1S/C22H19BrClN3O3/c1-13-17(3-2-4-19(13)25)21(26)27-30-22(28)15-7-5-14(6-8-15)12-29-20-10-9-16(23)11-18(20)24/h2-11H,12,25H2,1H3,(H2,26,27). The van der Waals surface area contributed by atoms with Crippen LogP contribution in [0.4, 0.5) is 5.69 Å². The second-order valence-corrected chi connectivity index (χ2v) is 7.76. The number of oxime groups is 1. The van der Waals surface area contributed by atoms with Gasteiger partial charge < -0.3 is 21.0 Å². The molecule has 0 amide bonds. The van der Waals surface area contributed by atoms with E-state index in [1.165, 1.54) is 0 Å². The molecule has 0 fully saturated rings. The number of carbonyl (C=O) groups excluding carboxylic acids is 1. The monoisotopic (exact) mass is 487 g/mol. The number of ether oxygens (including phenoxy) is 1. The molecule has 3 rings (SSSR count). The first-order valence-corrected chi connectivity index (χ1v) is 10.1. The van der Waals surface area contributed by atoms with Crippen LogP contribution < -0.4 is 16.2 Å². The second kappa shape index (κ2) is 9.65. The summed E-state index contributed by atoms with van der Waals surface area (Å²) in [5.74, 6) is 0.0254. The van der Waals surface area contributed by atoms with Crippen molar-refractivity contribution >= 4 is 45.0 Å². The van der Waals surface area contributed by atoms with Crippen molar-refractivity contribution in [2.75, 3.05) is 5.73 Å². The Morgan fingerprint density at radius 1 is 1.13 bits per heavy atom.